The Balaban J connectivity index is 2.71. The highest BCUT2D eigenvalue weighted by molar-refractivity contribution is 6.02. The summed E-state index contributed by atoms with van der Waals surface area (Å²) in [6, 6.07) is 6.18. The van der Waals surface area contributed by atoms with Crippen LogP contribution in [0.15, 0.2) is 29.4 Å². The van der Waals surface area contributed by atoms with E-state index >= 15 is 0 Å². The average molecular weight is 267 g/mol. The highest BCUT2D eigenvalue weighted by atomic mass is 19.1. The number of rotatable bonds is 5. The Morgan fingerprint density at radius 3 is 2.63 bits per heavy atom. The van der Waals surface area contributed by atoms with Crippen molar-refractivity contribution in [1.29, 1.82) is 0 Å². The zero-order valence-electron chi connectivity index (χ0n) is 10.9. The van der Waals surface area contributed by atoms with Crippen LogP contribution in [0.5, 0.6) is 0 Å². The average Bonchev–Trinajstić information content (AvgIpc) is 2.37. The molecule has 1 aromatic carbocycles. The molecule has 1 rings (SSSR count). The molecule has 1 aromatic rings. The van der Waals surface area contributed by atoms with E-state index in [0.29, 0.717) is 5.56 Å². The smallest absolute Gasteiger partial charge is 0.231 e. The van der Waals surface area contributed by atoms with Gasteiger partial charge in [0.1, 0.15) is 11.7 Å². The third-order valence-electron chi connectivity index (χ3n) is 2.79. The predicted octanol–water partition coefficient (Wildman–Crippen LogP) is 1.46. The maximum atomic E-state index is 13.4. The van der Waals surface area contributed by atoms with Crippen LogP contribution in [0.4, 0.5) is 4.39 Å². The van der Waals surface area contributed by atoms with Gasteiger partial charge < -0.3 is 16.3 Å². The molecule has 19 heavy (non-hydrogen) atoms. The lowest BCUT2D eigenvalue weighted by molar-refractivity contribution is -0.124. The summed E-state index contributed by atoms with van der Waals surface area (Å²) in [6.07, 6.45) is 0. The molecule has 6 heteroatoms. The molecule has 0 aliphatic rings. The lowest BCUT2D eigenvalue weighted by atomic mass is 9.94. The number of nitrogens with two attached hydrogens (primary N) is 1. The van der Waals surface area contributed by atoms with Gasteiger partial charge in [0, 0.05) is 12.1 Å². The van der Waals surface area contributed by atoms with Gasteiger partial charge in [-0.05, 0) is 12.0 Å². The van der Waals surface area contributed by atoms with Gasteiger partial charge in [0.2, 0.25) is 5.91 Å². The topological polar surface area (TPSA) is 87.7 Å². The van der Waals surface area contributed by atoms with Gasteiger partial charge in [-0.1, -0.05) is 37.2 Å². The molecule has 0 aliphatic heterocycles. The maximum absolute atomic E-state index is 13.4. The van der Waals surface area contributed by atoms with E-state index in [1.807, 2.05) is 0 Å². The van der Waals surface area contributed by atoms with E-state index in [-0.39, 0.29) is 24.1 Å². The molecule has 0 spiro atoms. The zero-order chi connectivity index (χ0) is 14.4. The Hall–Kier alpha value is -2.11. The van der Waals surface area contributed by atoms with Crippen LogP contribution in [0.2, 0.25) is 0 Å². The number of oxime groups is 1. The van der Waals surface area contributed by atoms with Gasteiger partial charge in [0.15, 0.2) is 5.84 Å². The van der Waals surface area contributed by atoms with Crippen molar-refractivity contribution in [3.05, 3.63) is 35.6 Å². The molecule has 5 nitrogen and oxygen atoms in total. The summed E-state index contributed by atoms with van der Waals surface area (Å²) in [5, 5.41) is 14.1. The highest BCUT2D eigenvalue weighted by Gasteiger charge is 2.26. The minimum absolute atomic E-state index is 0.0629. The first-order chi connectivity index (χ1) is 8.97. The minimum Gasteiger partial charge on any atom is -0.409 e. The van der Waals surface area contributed by atoms with E-state index in [1.54, 1.807) is 32.0 Å². The Morgan fingerprint density at radius 2 is 2.11 bits per heavy atom. The number of halogens is 1. The molecular formula is C13H18FN3O2. The molecule has 0 aliphatic carbocycles. The Kier molecular flexibility index (Phi) is 5.29. The molecule has 0 bridgehead atoms. The fourth-order valence-electron chi connectivity index (χ4n) is 1.77. The van der Waals surface area contributed by atoms with Crippen molar-refractivity contribution in [3.63, 3.8) is 0 Å². The monoisotopic (exact) mass is 267 g/mol. The van der Waals surface area contributed by atoms with Crippen molar-refractivity contribution in [2.75, 3.05) is 0 Å². The second-order valence-electron chi connectivity index (χ2n) is 4.56. The van der Waals surface area contributed by atoms with Crippen molar-refractivity contribution >= 4 is 11.7 Å². The van der Waals surface area contributed by atoms with Crippen molar-refractivity contribution in [2.24, 2.45) is 22.7 Å². The van der Waals surface area contributed by atoms with E-state index in [4.69, 9.17) is 10.9 Å². The lowest BCUT2D eigenvalue weighted by Crippen LogP contribution is -2.41. The summed E-state index contributed by atoms with van der Waals surface area (Å²) in [5.41, 5.74) is 5.87. The van der Waals surface area contributed by atoms with Crippen LogP contribution in [-0.4, -0.2) is 17.0 Å². The van der Waals surface area contributed by atoms with Crippen LogP contribution in [0.25, 0.3) is 0 Å². The van der Waals surface area contributed by atoms with Crippen LogP contribution in [0.1, 0.15) is 19.4 Å². The molecule has 0 heterocycles. The van der Waals surface area contributed by atoms with Crippen LogP contribution in [0.3, 0.4) is 0 Å². The molecule has 0 radical (unpaired) electrons. The number of nitrogens with zero attached hydrogens (tertiary/aromatic N) is 1. The maximum Gasteiger partial charge on any atom is 0.231 e. The van der Waals surface area contributed by atoms with Gasteiger partial charge in [-0.25, -0.2) is 4.39 Å². The van der Waals surface area contributed by atoms with E-state index in [1.165, 1.54) is 6.07 Å². The normalized spacial score (nSPS) is 13.4. The highest BCUT2D eigenvalue weighted by Crippen LogP contribution is 2.12. The molecule has 1 unspecified atom stereocenters. The number of nitrogens with one attached hydrogen (secondary N) is 1. The number of carbonyl (C=O) groups is 1. The summed E-state index contributed by atoms with van der Waals surface area (Å²) in [5.74, 6) is -1.80. The molecule has 0 saturated heterocycles. The van der Waals surface area contributed by atoms with E-state index in [9.17, 15) is 9.18 Å². The third-order valence-corrected chi connectivity index (χ3v) is 2.79. The standard InChI is InChI=1S/C13H18FN3O2/c1-8(2)11(12(15)17-19)13(18)16-7-9-5-3-4-6-10(9)14/h3-6,8,11,19H,7H2,1-2H3,(H2,15,17)(H,16,18). The summed E-state index contributed by atoms with van der Waals surface area (Å²) in [7, 11) is 0. The second kappa shape index (κ2) is 6.72. The first-order valence-electron chi connectivity index (χ1n) is 5.96. The van der Waals surface area contributed by atoms with Gasteiger partial charge in [-0.2, -0.15) is 0 Å². The van der Waals surface area contributed by atoms with Crippen LogP contribution in [0, 0.1) is 17.7 Å². The number of hydrogen-bond acceptors (Lipinski definition) is 3. The molecule has 4 N–H and O–H groups in total. The van der Waals surface area contributed by atoms with Crippen molar-refractivity contribution in [2.45, 2.75) is 20.4 Å². The molecule has 0 fully saturated rings. The van der Waals surface area contributed by atoms with Crippen molar-refractivity contribution < 1.29 is 14.4 Å². The van der Waals surface area contributed by atoms with Crippen LogP contribution >= 0.6 is 0 Å². The Bertz CT molecular complexity index is 475. The molecule has 104 valence electrons. The summed E-state index contributed by atoms with van der Waals surface area (Å²) in [4.78, 5) is 12.0. The summed E-state index contributed by atoms with van der Waals surface area (Å²) in [6.45, 7) is 3.63. The van der Waals surface area contributed by atoms with E-state index in [0.717, 1.165) is 0 Å². The Morgan fingerprint density at radius 1 is 1.47 bits per heavy atom. The minimum atomic E-state index is -0.739. The Labute approximate surface area is 111 Å². The molecule has 0 aromatic heterocycles. The SMILES string of the molecule is CC(C)C(C(=O)NCc1ccccc1F)C(N)=NO. The first-order valence-corrected chi connectivity index (χ1v) is 5.96. The number of amidine groups is 1. The molecule has 1 amide bonds. The van der Waals surface area contributed by atoms with Gasteiger partial charge in [-0.15, -0.1) is 0 Å². The summed E-state index contributed by atoms with van der Waals surface area (Å²) < 4.78 is 13.4. The van der Waals surface area contributed by atoms with Crippen molar-refractivity contribution in [1.82, 2.24) is 5.32 Å². The second-order valence-corrected chi connectivity index (χ2v) is 4.56. The third kappa shape index (κ3) is 3.94. The van der Waals surface area contributed by atoms with Crippen LogP contribution < -0.4 is 11.1 Å². The number of hydrogen-bond donors (Lipinski definition) is 3. The first kappa shape index (κ1) is 14.9. The van der Waals surface area contributed by atoms with Gasteiger partial charge in [-0.3, -0.25) is 4.79 Å². The van der Waals surface area contributed by atoms with Gasteiger partial charge in [0.25, 0.3) is 0 Å². The predicted molar refractivity (Wildman–Crippen MR) is 70.0 cm³/mol. The van der Waals surface area contributed by atoms with Gasteiger partial charge >= 0.3 is 0 Å². The zero-order valence-corrected chi connectivity index (χ0v) is 10.9. The van der Waals surface area contributed by atoms with Crippen molar-refractivity contribution in [3.8, 4) is 0 Å². The van der Waals surface area contributed by atoms with Crippen LogP contribution in [-0.2, 0) is 11.3 Å². The molecule has 0 saturated carbocycles. The molecular weight excluding hydrogens is 249 g/mol. The quantitative estimate of drug-likeness (QED) is 0.326. The summed E-state index contributed by atoms with van der Waals surface area (Å²) >= 11 is 0. The van der Waals surface area contributed by atoms with Gasteiger partial charge in [0.05, 0.1) is 0 Å². The largest absolute Gasteiger partial charge is 0.409 e. The number of benzene rings is 1. The van der Waals surface area contributed by atoms with E-state index in [2.05, 4.69) is 10.5 Å². The fraction of sp³-hybridized carbons (Fsp3) is 0.385. The lowest BCUT2D eigenvalue weighted by Gasteiger charge is -2.18. The molecule has 1 atom stereocenters. The van der Waals surface area contributed by atoms with E-state index < -0.39 is 11.8 Å². The number of amides is 1. The number of carbonyl (C=O) groups excluding carboxylic acids is 1. The fourth-order valence-corrected chi connectivity index (χ4v) is 1.77.